The van der Waals surface area contributed by atoms with Gasteiger partial charge in [0.05, 0.1) is 12.2 Å². The average Bonchev–Trinajstić information content (AvgIpc) is 2.93. The van der Waals surface area contributed by atoms with Gasteiger partial charge in [-0.25, -0.2) is 0 Å². The number of ether oxygens (including phenoxy) is 1. The molecule has 22 heavy (non-hydrogen) atoms. The van der Waals surface area contributed by atoms with E-state index in [1.807, 2.05) is 0 Å². The molecule has 0 aromatic carbocycles. The first kappa shape index (κ1) is 16.7. The SMILES string of the molecule is CC(=O)c1c[nH]c(C(=O)NC[C@H](C)N2C[C@H](C)O[C@@H](C)C2)c1. The van der Waals surface area contributed by atoms with Crippen molar-refractivity contribution < 1.29 is 14.3 Å². The minimum atomic E-state index is -0.186. The zero-order chi connectivity index (χ0) is 16.3. The maximum atomic E-state index is 12.1. The molecule has 1 aromatic rings. The Kier molecular flexibility index (Phi) is 5.37. The number of Topliss-reactive ketones (excluding diaryl/α,β-unsaturated/α-hetero) is 1. The molecular weight excluding hydrogens is 282 g/mol. The zero-order valence-corrected chi connectivity index (χ0v) is 13.7. The van der Waals surface area contributed by atoms with Gasteiger partial charge in [-0.3, -0.25) is 14.5 Å². The standard InChI is InChI=1S/C16H25N3O3/c1-10(19-8-11(2)22-12(3)9-19)6-18-16(21)15-5-14(7-17-15)13(4)20/h5,7,10-12,17H,6,8-9H2,1-4H3,(H,18,21)/t10-,11-,12-/m0/s1. The quantitative estimate of drug-likeness (QED) is 0.807. The molecule has 1 fully saturated rings. The molecule has 0 unspecified atom stereocenters. The highest BCUT2D eigenvalue weighted by Gasteiger charge is 2.26. The average molecular weight is 307 g/mol. The lowest BCUT2D eigenvalue weighted by atomic mass is 10.1. The maximum absolute atomic E-state index is 12.1. The Balaban J connectivity index is 1.85. The fraction of sp³-hybridized carbons (Fsp3) is 0.625. The Morgan fingerprint density at radius 3 is 2.59 bits per heavy atom. The van der Waals surface area contributed by atoms with Crippen molar-refractivity contribution in [1.29, 1.82) is 0 Å². The molecule has 0 spiro atoms. The van der Waals surface area contributed by atoms with Crippen molar-refractivity contribution in [2.24, 2.45) is 0 Å². The molecule has 1 aliphatic heterocycles. The second-order valence-electron chi connectivity index (χ2n) is 6.13. The molecule has 0 radical (unpaired) electrons. The lowest BCUT2D eigenvalue weighted by molar-refractivity contribution is -0.0778. The number of amides is 1. The van der Waals surface area contributed by atoms with Gasteiger partial charge in [0.2, 0.25) is 0 Å². The van der Waals surface area contributed by atoms with E-state index in [4.69, 9.17) is 4.74 Å². The molecule has 0 bridgehead atoms. The second kappa shape index (κ2) is 7.07. The van der Waals surface area contributed by atoms with E-state index in [2.05, 4.69) is 36.0 Å². The number of hydrogen-bond donors (Lipinski definition) is 2. The summed E-state index contributed by atoms with van der Waals surface area (Å²) < 4.78 is 5.72. The first-order valence-corrected chi connectivity index (χ1v) is 7.74. The number of aromatic nitrogens is 1. The van der Waals surface area contributed by atoms with Crippen LogP contribution in [-0.4, -0.2) is 59.5 Å². The number of morpholine rings is 1. The second-order valence-corrected chi connectivity index (χ2v) is 6.13. The summed E-state index contributed by atoms with van der Waals surface area (Å²) in [7, 11) is 0. The summed E-state index contributed by atoms with van der Waals surface area (Å²) in [5.74, 6) is -0.242. The van der Waals surface area contributed by atoms with Crippen LogP contribution in [0.2, 0.25) is 0 Å². The van der Waals surface area contributed by atoms with Crippen LogP contribution in [-0.2, 0) is 4.74 Å². The van der Waals surface area contributed by atoms with E-state index in [1.165, 1.54) is 6.92 Å². The van der Waals surface area contributed by atoms with Gasteiger partial charge in [0.25, 0.3) is 5.91 Å². The third-order valence-corrected chi connectivity index (χ3v) is 3.96. The van der Waals surface area contributed by atoms with E-state index in [0.29, 0.717) is 17.8 Å². The Hall–Kier alpha value is -1.66. The monoisotopic (exact) mass is 307 g/mol. The predicted octanol–water partition coefficient (Wildman–Crippen LogP) is 1.44. The minimum absolute atomic E-state index is 0.0556. The Bertz CT molecular complexity index is 530. The van der Waals surface area contributed by atoms with Crippen LogP contribution in [0.25, 0.3) is 0 Å². The number of carbonyl (C=O) groups is 2. The molecule has 1 amide bonds. The van der Waals surface area contributed by atoms with E-state index >= 15 is 0 Å². The highest BCUT2D eigenvalue weighted by Crippen LogP contribution is 2.13. The number of carbonyl (C=O) groups excluding carboxylic acids is 2. The van der Waals surface area contributed by atoms with Crippen LogP contribution in [0.3, 0.4) is 0 Å². The molecule has 0 saturated carbocycles. The molecule has 2 heterocycles. The summed E-state index contributed by atoms with van der Waals surface area (Å²) in [6.45, 7) is 10.0. The van der Waals surface area contributed by atoms with Gasteiger partial charge in [0, 0.05) is 37.4 Å². The van der Waals surface area contributed by atoms with Crippen molar-refractivity contribution in [1.82, 2.24) is 15.2 Å². The molecule has 122 valence electrons. The van der Waals surface area contributed by atoms with Crippen molar-refractivity contribution >= 4 is 11.7 Å². The maximum Gasteiger partial charge on any atom is 0.267 e. The summed E-state index contributed by atoms with van der Waals surface area (Å²) in [5, 5.41) is 2.91. The molecule has 1 saturated heterocycles. The van der Waals surface area contributed by atoms with E-state index in [1.54, 1.807) is 12.3 Å². The molecular formula is C16H25N3O3. The van der Waals surface area contributed by atoms with Gasteiger partial charge < -0.3 is 15.0 Å². The first-order valence-electron chi connectivity index (χ1n) is 7.74. The van der Waals surface area contributed by atoms with Crippen LogP contribution in [0.1, 0.15) is 48.5 Å². The molecule has 0 aliphatic carbocycles. The summed E-state index contributed by atoms with van der Waals surface area (Å²) in [5.41, 5.74) is 0.940. The van der Waals surface area contributed by atoms with Crippen molar-refractivity contribution in [3.63, 3.8) is 0 Å². The Morgan fingerprint density at radius 2 is 2.05 bits per heavy atom. The lowest BCUT2D eigenvalue weighted by Crippen LogP contribution is -2.52. The molecule has 2 rings (SSSR count). The van der Waals surface area contributed by atoms with Crippen molar-refractivity contribution in [2.75, 3.05) is 19.6 Å². The number of nitrogens with one attached hydrogen (secondary N) is 2. The minimum Gasteiger partial charge on any atom is -0.373 e. The number of ketones is 1. The Morgan fingerprint density at radius 1 is 1.41 bits per heavy atom. The van der Waals surface area contributed by atoms with Gasteiger partial charge in [0.1, 0.15) is 5.69 Å². The van der Waals surface area contributed by atoms with E-state index in [-0.39, 0.29) is 29.9 Å². The lowest BCUT2D eigenvalue weighted by Gasteiger charge is -2.38. The normalized spacial score (nSPS) is 24.0. The summed E-state index contributed by atoms with van der Waals surface area (Å²) >= 11 is 0. The third-order valence-electron chi connectivity index (χ3n) is 3.96. The number of aromatic amines is 1. The van der Waals surface area contributed by atoms with Gasteiger partial charge in [-0.2, -0.15) is 0 Å². The van der Waals surface area contributed by atoms with Crippen molar-refractivity contribution in [3.8, 4) is 0 Å². The summed E-state index contributed by atoms with van der Waals surface area (Å²) in [4.78, 5) is 28.5. The smallest absolute Gasteiger partial charge is 0.267 e. The van der Waals surface area contributed by atoms with Gasteiger partial charge in [-0.05, 0) is 33.8 Å². The highest BCUT2D eigenvalue weighted by atomic mass is 16.5. The van der Waals surface area contributed by atoms with Gasteiger partial charge >= 0.3 is 0 Å². The summed E-state index contributed by atoms with van der Waals surface area (Å²) in [6.07, 6.45) is 1.98. The number of H-pyrrole nitrogens is 1. The van der Waals surface area contributed by atoms with Crippen LogP contribution in [0, 0.1) is 0 Å². The first-order chi connectivity index (χ1) is 10.4. The zero-order valence-electron chi connectivity index (χ0n) is 13.7. The van der Waals surface area contributed by atoms with Crippen LogP contribution in [0.5, 0.6) is 0 Å². The highest BCUT2D eigenvalue weighted by molar-refractivity contribution is 5.99. The van der Waals surface area contributed by atoms with Crippen molar-refractivity contribution in [3.05, 3.63) is 23.5 Å². The van der Waals surface area contributed by atoms with Crippen LogP contribution in [0.4, 0.5) is 0 Å². The van der Waals surface area contributed by atoms with E-state index in [0.717, 1.165) is 13.1 Å². The van der Waals surface area contributed by atoms with Gasteiger partial charge in [-0.15, -0.1) is 0 Å². The molecule has 3 atom stereocenters. The van der Waals surface area contributed by atoms with Crippen molar-refractivity contribution in [2.45, 2.75) is 45.9 Å². The Labute approximate surface area is 131 Å². The molecule has 1 aromatic heterocycles. The number of nitrogens with zero attached hydrogens (tertiary/aromatic N) is 1. The molecule has 1 aliphatic rings. The summed E-state index contributed by atoms with van der Waals surface area (Å²) in [6, 6.07) is 1.82. The van der Waals surface area contributed by atoms with Crippen LogP contribution in [0.15, 0.2) is 12.3 Å². The fourth-order valence-corrected chi connectivity index (χ4v) is 2.77. The van der Waals surface area contributed by atoms with E-state index in [9.17, 15) is 9.59 Å². The van der Waals surface area contributed by atoms with E-state index < -0.39 is 0 Å². The molecule has 6 heteroatoms. The van der Waals surface area contributed by atoms with Gasteiger partial charge in [0.15, 0.2) is 5.78 Å². The molecule has 2 N–H and O–H groups in total. The molecule has 6 nitrogen and oxygen atoms in total. The predicted molar refractivity (Wildman–Crippen MR) is 84.2 cm³/mol. The van der Waals surface area contributed by atoms with Gasteiger partial charge in [-0.1, -0.05) is 0 Å². The number of rotatable bonds is 5. The topological polar surface area (TPSA) is 74.4 Å². The third kappa shape index (κ3) is 4.18. The largest absolute Gasteiger partial charge is 0.373 e. The fourth-order valence-electron chi connectivity index (χ4n) is 2.77. The van der Waals surface area contributed by atoms with Crippen LogP contribution < -0.4 is 5.32 Å². The number of hydrogen-bond acceptors (Lipinski definition) is 4. The van der Waals surface area contributed by atoms with Crippen LogP contribution >= 0.6 is 0 Å².